The molecule has 1 atom stereocenters. The van der Waals surface area contributed by atoms with E-state index in [1.165, 1.54) is 53.5 Å². The van der Waals surface area contributed by atoms with Crippen LogP contribution < -0.4 is 10.6 Å². The van der Waals surface area contributed by atoms with Gasteiger partial charge in [0.2, 0.25) is 0 Å². The Morgan fingerprint density at radius 2 is 1.16 bits per heavy atom. The van der Waals surface area contributed by atoms with Gasteiger partial charge in [-0.05, 0) is 72.0 Å². The van der Waals surface area contributed by atoms with Crippen molar-refractivity contribution in [1.29, 1.82) is 0 Å². The first-order valence-corrected chi connectivity index (χ1v) is 12.2. The van der Waals surface area contributed by atoms with Crippen molar-refractivity contribution in [1.82, 2.24) is 0 Å². The molecule has 0 radical (unpaired) electrons. The highest BCUT2D eigenvalue weighted by atomic mass is 32.2. The number of hydrogen-bond acceptors (Lipinski definition) is 4. The smallest absolute Gasteiger partial charge is 0.0526 e. The van der Waals surface area contributed by atoms with Crippen LogP contribution in [0.3, 0.4) is 0 Å². The minimum atomic E-state index is 0.454. The molecule has 0 amide bonds. The van der Waals surface area contributed by atoms with E-state index in [2.05, 4.69) is 102 Å². The Hall–Kier alpha value is -2.82. The molecule has 2 N–H and O–H groups in total. The van der Waals surface area contributed by atoms with E-state index in [0.29, 0.717) is 5.92 Å². The highest BCUT2D eigenvalue weighted by Gasteiger charge is 2.19. The van der Waals surface area contributed by atoms with Gasteiger partial charge in [0.15, 0.2) is 0 Å². The molecule has 0 aliphatic carbocycles. The van der Waals surface area contributed by atoms with Crippen molar-refractivity contribution in [3.8, 4) is 0 Å². The third-order valence-corrected chi connectivity index (χ3v) is 8.18. The Morgan fingerprint density at radius 1 is 0.613 bits per heavy atom. The van der Waals surface area contributed by atoms with Crippen molar-refractivity contribution in [3.05, 3.63) is 96.1 Å². The summed E-state index contributed by atoms with van der Waals surface area (Å²) in [7, 11) is 0. The predicted molar refractivity (Wildman–Crippen MR) is 133 cm³/mol. The lowest BCUT2D eigenvalue weighted by atomic mass is 9.93. The lowest BCUT2D eigenvalue weighted by Gasteiger charge is -2.23. The summed E-state index contributed by atoms with van der Waals surface area (Å²) in [6.07, 6.45) is 1.03. The van der Waals surface area contributed by atoms with Gasteiger partial charge in [-0.15, -0.1) is 0 Å². The van der Waals surface area contributed by atoms with Crippen LogP contribution in [0.5, 0.6) is 0 Å². The molecule has 2 aliphatic rings. The zero-order valence-corrected chi connectivity index (χ0v) is 18.8. The van der Waals surface area contributed by atoms with Crippen LogP contribution in [-0.4, -0.2) is 0 Å². The number of para-hydroxylation sites is 2. The third kappa shape index (κ3) is 3.60. The summed E-state index contributed by atoms with van der Waals surface area (Å²) in [6.45, 7) is 2.33. The molecule has 4 heteroatoms. The zero-order valence-electron chi connectivity index (χ0n) is 17.2. The zero-order chi connectivity index (χ0) is 20.8. The standard InChI is InChI=1S/C27H22N2S2/c1-17(19-11-13-23-27(16-19)31-25-9-5-3-7-21(25)29-23)14-18-10-12-22-26(15-18)30-24-8-4-2-6-20(24)28-22/h2-13,15-17,28-29H,14H2,1H3. The lowest BCUT2D eigenvalue weighted by molar-refractivity contribution is 0.755. The molecule has 2 nitrogen and oxygen atoms in total. The minimum absolute atomic E-state index is 0.454. The van der Waals surface area contributed by atoms with E-state index in [-0.39, 0.29) is 0 Å². The first-order chi connectivity index (χ1) is 15.2. The summed E-state index contributed by atoms with van der Waals surface area (Å²) >= 11 is 3.72. The Labute approximate surface area is 191 Å². The fraction of sp³-hybridized carbons (Fsp3) is 0.111. The molecule has 0 spiro atoms. The largest absolute Gasteiger partial charge is 0.354 e. The van der Waals surface area contributed by atoms with Crippen molar-refractivity contribution in [2.24, 2.45) is 0 Å². The van der Waals surface area contributed by atoms with Crippen molar-refractivity contribution in [2.45, 2.75) is 38.8 Å². The second-order valence-electron chi connectivity index (χ2n) is 8.14. The lowest BCUT2D eigenvalue weighted by Crippen LogP contribution is -2.04. The molecule has 4 aromatic rings. The number of anilines is 4. The molecular weight excluding hydrogens is 416 g/mol. The van der Waals surface area contributed by atoms with Gasteiger partial charge in [0, 0.05) is 19.6 Å². The van der Waals surface area contributed by atoms with Crippen LogP contribution in [-0.2, 0) is 6.42 Å². The van der Waals surface area contributed by atoms with Crippen LogP contribution in [0.15, 0.2) is 105 Å². The molecular formula is C27H22N2S2. The van der Waals surface area contributed by atoms with E-state index >= 15 is 0 Å². The van der Waals surface area contributed by atoms with Crippen LogP contribution in [0, 0.1) is 0 Å². The van der Waals surface area contributed by atoms with E-state index in [9.17, 15) is 0 Å². The minimum Gasteiger partial charge on any atom is -0.354 e. The van der Waals surface area contributed by atoms with Crippen molar-refractivity contribution in [2.75, 3.05) is 10.6 Å². The summed E-state index contributed by atoms with van der Waals surface area (Å²) in [5.41, 5.74) is 7.57. The van der Waals surface area contributed by atoms with Crippen molar-refractivity contribution < 1.29 is 0 Å². The first-order valence-electron chi connectivity index (χ1n) is 10.6. The first kappa shape index (κ1) is 18.9. The third-order valence-electron chi connectivity index (χ3n) is 5.92. The van der Waals surface area contributed by atoms with Crippen LogP contribution >= 0.6 is 23.5 Å². The van der Waals surface area contributed by atoms with Gasteiger partial charge in [0.1, 0.15) is 0 Å². The Morgan fingerprint density at radius 3 is 1.84 bits per heavy atom. The summed E-state index contributed by atoms with van der Waals surface area (Å²) in [5.74, 6) is 0.454. The van der Waals surface area contributed by atoms with E-state index in [4.69, 9.17) is 0 Å². The van der Waals surface area contributed by atoms with Crippen molar-refractivity contribution in [3.63, 3.8) is 0 Å². The summed E-state index contributed by atoms with van der Waals surface area (Å²) in [6, 6.07) is 30.7. The fourth-order valence-electron chi connectivity index (χ4n) is 4.23. The normalized spacial score (nSPS) is 14.2. The summed E-state index contributed by atoms with van der Waals surface area (Å²) in [4.78, 5) is 5.20. The van der Waals surface area contributed by atoms with Gasteiger partial charge >= 0.3 is 0 Å². The Balaban J connectivity index is 1.22. The average Bonchev–Trinajstić information content (AvgIpc) is 2.81. The summed E-state index contributed by atoms with van der Waals surface area (Å²) < 4.78 is 0. The predicted octanol–water partition coefficient (Wildman–Crippen LogP) is 8.45. The van der Waals surface area contributed by atoms with Gasteiger partial charge in [-0.2, -0.15) is 0 Å². The molecule has 0 aromatic heterocycles. The SMILES string of the molecule is CC(Cc1ccc2c(c1)Sc1ccccc1N2)c1ccc2c(c1)Sc1ccccc1N2. The number of fused-ring (bicyclic) bond motifs is 4. The molecule has 0 saturated carbocycles. The van der Waals surface area contributed by atoms with E-state index in [0.717, 1.165) is 6.42 Å². The highest BCUT2D eigenvalue weighted by molar-refractivity contribution is 8.00. The van der Waals surface area contributed by atoms with Crippen molar-refractivity contribution >= 4 is 46.3 Å². The Kier molecular flexibility index (Phi) is 4.70. The van der Waals surface area contributed by atoms with Gasteiger partial charge in [-0.25, -0.2) is 0 Å². The number of benzene rings is 4. The molecule has 2 aliphatic heterocycles. The maximum atomic E-state index is 3.57. The molecule has 4 aromatic carbocycles. The van der Waals surface area contributed by atoms with Gasteiger partial charge in [-0.3, -0.25) is 0 Å². The average molecular weight is 439 g/mol. The van der Waals surface area contributed by atoms with Gasteiger partial charge < -0.3 is 10.6 Å². The summed E-state index contributed by atoms with van der Waals surface area (Å²) in [5, 5.41) is 7.13. The van der Waals surface area contributed by atoms with Gasteiger partial charge in [0.05, 0.1) is 22.7 Å². The Bertz CT molecular complexity index is 1300. The van der Waals surface area contributed by atoms with Crippen LogP contribution in [0.1, 0.15) is 24.0 Å². The van der Waals surface area contributed by atoms with Crippen LogP contribution in [0.25, 0.3) is 0 Å². The molecule has 6 rings (SSSR count). The maximum Gasteiger partial charge on any atom is 0.0526 e. The topological polar surface area (TPSA) is 24.1 Å². The molecule has 0 fully saturated rings. The van der Waals surface area contributed by atoms with Gasteiger partial charge in [-0.1, -0.05) is 66.8 Å². The molecule has 31 heavy (non-hydrogen) atoms. The number of nitrogens with one attached hydrogen (secondary N) is 2. The maximum absolute atomic E-state index is 3.57. The van der Waals surface area contributed by atoms with E-state index in [1.54, 1.807) is 0 Å². The molecule has 0 saturated heterocycles. The molecule has 1 unspecified atom stereocenters. The highest BCUT2D eigenvalue weighted by Crippen LogP contribution is 2.46. The monoisotopic (exact) mass is 438 g/mol. The molecule has 0 bridgehead atoms. The van der Waals surface area contributed by atoms with Gasteiger partial charge in [0.25, 0.3) is 0 Å². The molecule has 2 heterocycles. The number of rotatable bonds is 3. The van der Waals surface area contributed by atoms with Crippen LogP contribution in [0.4, 0.5) is 22.7 Å². The number of hydrogen-bond donors (Lipinski definition) is 2. The fourth-order valence-corrected chi connectivity index (χ4v) is 6.32. The molecule has 152 valence electrons. The van der Waals surface area contributed by atoms with E-state index in [1.807, 2.05) is 23.5 Å². The van der Waals surface area contributed by atoms with E-state index < -0.39 is 0 Å². The van der Waals surface area contributed by atoms with Crippen LogP contribution in [0.2, 0.25) is 0 Å². The quantitative estimate of drug-likeness (QED) is 0.289. The second kappa shape index (κ2) is 7.70. The second-order valence-corrected chi connectivity index (χ2v) is 10.3.